The summed E-state index contributed by atoms with van der Waals surface area (Å²) in [5.41, 5.74) is -0.0700. The molecule has 0 radical (unpaired) electrons. The lowest BCUT2D eigenvalue weighted by atomic mass is 9.34. The molecule has 1 amide bonds. The Morgan fingerprint density at radius 2 is 1.68 bits per heavy atom. The predicted molar refractivity (Wildman–Crippen MR) is 148 cm³/mol. The Balaban J connectivity index is 1.66. The molecule has 206 valence electrons. The van der Waals surface area contributed by atoms with Crippen molar-refractivity contribution in [2.75, 3.05) is 6.54 Å². The number of hydrogen-bond acceptors (Lipinski definition) is 4. The molecule has 2 unspecified atom stereocenters. The summed E-state index contributed by atoms with van der Waals surface area (Å²) < 4.78 is 0. The molecule has 38 heavy (non-hydrogen) atoms. The van der Waals surface area contributed by atoms with Gasteiger partial charge in [-0.3, -0.25) is 14.4 Å². The summed E-state index contributed by atoms with van der Waals surface area (Å²) in [4.78, 5) is 39.7. The van der Waals surface area contributed by atoms with Crippen LogP contribution in [0.4, 0.5) is 0 Å². The molecule has 0 bridgehead atoms. The third-order valence-electron chi connectivity index (χ3n) is 12.7. The molecule has 5 aliphatic rings. The minimum atomic E-state index is -0.648. The van der Waals surface area contributed by atoms with Crippen LogP contribution in [-0.4, -0.2) is 24.0 Å². The number of allylic oxidation sites excluding steroid dienone is 4. The summed E-state index contributed by atoms with van der Waals surface area (Å²) in [7, 11) is 0. The van der Waals surface area contributed by atoms with Gasteiger partial charge in [-0.15, -0.1) is 0 Å². The normalized spacial score (nSPS) is 44.8. The molecule has 5 nitrogen and oxygen atoms in total. The zero-order chi connectivity index (χ0) is 28.1. The van der Waals surface area contributed by atoms with Crippen molar-refractivity contribution in [2.45, 2.75) is 100 Å². The Kier molecular flexibility index (Phi) is 5.87. The van der Waals surface area contributed by atoms with Crippen molar-refractivity contribution >= 4 is 17.5 Å². The average molecular weight is 519 g/mol. The van der Waals surface area contributed by atoms with E-state index in [-0.39, 0.29) is 62.5 Å². The van der Waals surface area contributed by atoms with Crippen LogP contribution >= 0.6 is 0 Å². The summed E-state index contributed by atoms with van der Waals surface area (Å²) >= 11 is 0. The van der Waals surface area contributed by atoms with Crippen molar-refractivity contribution < 1.29 is 14.4 Å². The minimum Gasteiger partial charge on any atom is -0.356 e. The van der Waals surface area contributed by atoms with Gasteiger partial charge in [0.25, 0.3) is 0 Å². The molecule has 7 atom stereocenters. The van der Waals surface area contributed by atoms with Gasteiger partial charge in [0.1, 0.15) is 6.07 Å². The van der Waals surface area contributed by atoms with Gasteiger partial charge in [-0.25, -0.2) is 0 Å². The van der Waals surface area contributed by atoms with Gasteiger partial charge in [-0.1, -0.05) is 60.1 Å². The number of carbonyl (C=O) groups excluding carboxylic acids is 3. The molecule has 0 aromatic rings. The summed E-state index contributed by atoms with van der Waals surface area (Å²) in [6.07, 6.45) is 10.9. The first kappa shape index (κ1) is 27.4. The highest BCUT2D eigenvalue weighted by Gasteiger charge is 2.69. The number of amides is 1. The number of Topliss-reactive ketones (excluding diaryl/α,β-unsaturated/α-hetero) is 1. The maximum Gasteiger partial charge on any atom is 0.216 e. The molecule has 0 aromatic heterocycles. The predicted octanol–water partition coefficient (Wildman–Crippen LogP) is 6.34. The van der Waals surface area contributed by atoms with Gasteiger partial charge in [0.2, 0.25) is 5.91 Å². The van der Waals surface area contributed by atoms with Crippen LogP contribution in [0.25, 0.3) is 0 Å². The molecule has 5 rings (SSSR count). The number of ketones is 2. The van der Waals surface area contributed by atoms with Crippen LogP contribution in [-0.2, 0) is 14.4 Å². The van der Waals surface area contributed by atoms with Gasteiger partial charge in [-0.05, 0) is 84.5 Å². The first-order valence-electron chi connectivity index (χ1n) is 14.7. The Labute approximate surface area is 228 Å². The smallest absolute Gasteiger partial charge is 0.216 e. The lowest BCUT2D eigenvalue weighted by Crippen LogP contribution is -2.65. The monoisotopic (exact) mass is 518 g/mol. The second-order valence-corrected chi connectivity index (χ2v) is 15.5. The Hall–Kier alpha value is -2.22. The molecule has 1 N–H and O–H groups in total. The highest BCUT2D eigenvalue weighted by atomic mass is 16.1. The molecule has 0 saturated heterocycles. The van der Waals surface area contributed by atoms with Crippen LogP contribution < -0.4 is 5.32 Å². The highest BCUT2D eigenvalue weighted by Crippen LogP contribution is 2.74. The molecular formula is C33H46N2O3. The number of fused-ring (bicyclic) bond motifs is 7. The van der Waals surface area contributed by atoms with E-state index in [0.717, 1.165) is 50.5 Å². The Morgan fingerprint density at radius 3 is 2.32 bits per heavy atom. The molecule has 0 aliphatic heterocycles. The molecule has 0 aromatic carbocycles. The number of nitrogens with one attached hydrogen (secondary N) is 1. The summed E-state index contributed by atoms with van der Waals surface area (Å²) in [5.74, 6) is 0.347. The van der Waals surface area contributed by atoms with Gasteiger partial charge in [0.05, 0.1) is 5.57 Å². The van der Waals surface area contributed by atoms with Gasteiger partial charge in [0.15, 0.2) is 11.6 Å². The SMILES string of the molecule is CC(=O)NC[C@]12CCC(C)(C)CC1[C@H]1C(=O)C=C3[C@@]4(C)C=C(C#N)C(=O)C(C)(C)C4CC[C@@]3(C)[C@]1(C)CC2. The zero-order valence-corrected chi connectivity index (χ0v) is 24.7. The third-order valence-corrected chi connectivity index (χ3v) is 12.7. The lowest BCUT2D eigenvalue weighted by molar-refractivity contribution is -0.170. The van der Waals surface area contributed by atoms with Gasteiger partial charge < -0.3 is 5.32 Å². The second-order valence-electron chi connectivity index (χ2n) is 15.5. The van der Waals surface area contributed by atoms with Crippen LogP contribution in [0.15, 0.2) is 23.3 Å². The first-order chi connectivity index (χ1) is 17.5. The fraction of sp³-hybridized carbons (Fsp3) is 0.758. The van der Waals surface area contributed by atoms with Crippen molar-refractivity contribution in [2.24, 2.45) is 50.2 Å². The fourth-order valence-corrected chi connectivity index (χ4v) is 10.3. The van der Waals surface area contributed by atoms with E-state index < -0.39 is 10.8 Å². The van der Waals surface area contributed by atoms with Gasteiger partial charge in [0, 0.05) is 30.2 Å². The Bertz CT molecular complexity index is 1220. The number of carbonyl (C=O) groups is 3. The van der Waals surface area contributed by atoms with Crippen LogP contribution in [0.5, 0.6) is 0 Å². The molecule has 0 heterocycles. The number of hydrogen-bond donors (Lipinski definition) is 1. The third kappa shape index (κ3) is 3.44. The summed E-state index contributed by atoms with van der Waals surface area (Å²) in [6.45, 7) is 17.8. The number of nitriles is 1. The van der Waals surface area contributed by atoms with E-state index in [9.17, 15) is 19.6 Å². The number of rotatable bonds is 2. The van der Waals surface area contributed by atoms with Gasteiger partial charge in [-0.2, -0.15) is 5.26 Å². The molecule has 5 heteroatoms. The van der Waals surface area contributed by atoms with E-state index in [1.165, 1.54) is 0 Å². The molecule has 5 aliphatic carbocycles. The quantitative estimate of drug-likeness (QED) is 0.462. The van der Waals surface area contributed by atoms with Crippen molar-refractivity contribution in [3.8, 4) is 6.07 Å². The average Bonchev–Trinajstić information content (AvgIpc) is 2.82. The van der Waals surface area contributed by atoms with E-state index in [0.29, 0.717) is 6.54 Å². The summed E-state index contributed by atoms with van der Waals surface area (Å²) in [6, 6.07) is 2.19. The largest absolute Gasteiger partial charge is 0.356 e. The second kappa shape index (κ2) is 8.15. The van der Waals surface area contributed by atoms with Crippen molar-refractivity contribution in [1.29, 1.82) is 5.26 Å². The Morgan fingerprint density at radius 1 is 1.03 bits per heavy atom. The molecular weight excluding hydrogens is 472 g/mol. The van der Waals surface area contributed by atoms with E-state index in [4.69, 9.17) is 0 Å². The first-order valence-corrected chi connectivity index (χ1v) is 14.7. The van der Waals surface area contributed by atoms with Crippen molar-refractivity contribution in [3.63, 3.8) is 0 Å². The topological polar surface area (TPSA) is 87.0 Å². The van der Waals surface area contributed by atoms with Gasteiger partial charge >= 0.3 is 0 Å². The maximum atomic E-state index is 14.5. The maximum absolute atomic E-state index is 14.5. The van der Waals surface area contributed by atoms with E-state index in [1.807, 2.05) is 26.0 Å². The molecule has 3 saturated carbocycles. The molecule has 0 spiro atoms. The molecule has 3 fully saturated rings. The van der Waals surface area contributed by atoms with Crippen molar-refractivity contribution in [1.82, 2.24) is 5.32 Å². The fourth-order valence-electron chi connectivity index (χ4n) is 10.3. The highest BCUT2D eigenvalue weighted by molar-refractivity contribution is 6.04. The lowest BCUT2D eigenvalue weighted by Gasteiger charge is -2.69. The van der Waals surface area contributed by atoms with Crippen molar-refractivity contribution in [3.05, 3.63) is 23.3 Å². The standard InChI is InChI=1S/C33H46N2O3/c1-20(36)35-19-33-13-11-28(2,3)17-22(33)26-23(37)15-25-30(6)16-21(18-34)27(38)29(4,5)24(30)9-10-31(25,7)32(26,8)12-14-33/h15-16,22,24,26H,9-14,17,19H2,1-8H3,(H,35,36)/t22?,24?,26-,30-,31+,32+,33+/m0/s1. The van der Waals surface area contributed by atoms with E-state index in [2.05, 4.69) is 46.0 Å². The van der Waals surface area contributed by atoms with Crippen LogP contribution in [0.2, 0.25) is 0 Å². The summed E-state index contributed by atoms with van der Waals surface area (Å²) in [5, 5.41) is 13.0. The van der Waals surface area contributed by atoms with Crippen LogP contribution in [0.1, 0.15) is 100 Å². The van der Waals surface area contributed by atoms with Crippen LogP contribution in [0.3, 0.4) is 0 Å². The van der Waals surface area contributed by atoms with E-state index >= 15 is 0 Å². The minimum absolute atomic E-state index is 0.00111. The number of nitrogens with zero attached hydrogens (tertiary/aromatic N) is 1. The zero-order valence-electron chi connectivity index (χ0n) is 24.7. The van der Waals surface area contributed by atoms with E-state index in [1.54, 1.807) is 6.92 Å². The van der Waals surface area contributed by atoms with Crippen LogP contribution in [0, 0.1) is 61.6 Å².